The highest BCUT2D eigenvalue weighted by molar-refractivity contribution is 7.80. The van der Waals surface area contributed by atoms with Crippen molar-refractivity contribution in [1.82, 2.24) is 5.32 Å². The summed E-state index contributed by atoms with van der Waals surface area (Å²) in [6.45, 7) is 4.49. The van der Waals surface area contributed by atoms with E-state index >= 15 is 0 Å². The molecule has 2 aromatic rings. The van der Waals surface area contributed by atoms with Crippen molar-refractivity contribution in [2.75, 3.05) is 16.8 Å². The molecule has 0 heterocycles. The fourth-order valence-electron chi connectivity index (χ4n) is 2.66. The standard InChI is InChI=1S/C21H25N3O2S/c1-3-5-15-19(25)23-21(27)22-18-14-10-9-13-17(18)20(26)24(4-2)16-11-7-6-8-12-16/h6-14H,3-5,15H2,1-2H3,(H2,22,23,25,27). The summed E-state index contributed by atoms with van der Waals surface area (Å²) in [5.41, 5.74) is 1.89. The fourth-order valence-corrected chi connectivity index (χ4v) is 2.88. The summed E-state index contributed by atoms with van der Waals surface area (Å²) in [5, 5.41) is 5.84. The van der Waals surface area contributed by atoms with Crippen molar-refractivity contribution in [3.05, 3.63) is 60.2 Å². The SMILES string of the molecule is CCCCC(=O)NC(=S)Nc1ccccc1C(=O)N(CC)c1ccccc1. The summed E-state index contributed by atoms with van der Waals surface area (Å²) in [5.74, 6) is -0.260. The first-order chi connectivity index (χ1) is 13.1. The van der Waals surface area contributed by atoms with Gasteiger partial charge in [-0.05, 0) is 49.8 Å². The van der Waals surface area contributed by atoms with Crippen molar-refractivity contribution >= 4 is 40.5 Å². The molecule has 0 fully saturated rings. The van der Waals surface area contributed by atoms with Gasteiger partial charge in [0.05, 0.1) is 11.3 Å². The van der Waals surface area contributed by atoms with Gasteiger partial charge in [-0.15, -0.1) is 0 Å². The van der Waals surface area contributed by atoms with Gasteiger partial charge in [-0.1, -0.05) is 43.7 Å². The van der Waals surface area contributed by atoms with E-state index in [-0.39, 0.29) is 16.9 Å². The number of thiocarbonyl (C=S) groups is 1. The summed E-state index contributed by atoms with van der Waals surface area (Å²) in [6.07, 6.45) is 2.18. The predicted molar refractivity (Wildman–Crippen MR) is 114 cm³/mol. The molecular formula is C21H25N3O2S. The Morgan fingerprint density at radius 3 is 2.33 bits per heavy atom. The maximum atomic E-state index is 13.1. The number of rotatable bonds is 7. The van der Waals surface area contributed by atoms with Crippen molar-refractivity contribution in [2.45, 2.75) is 33.1 Å². The van der Waals surface area contributed by atoms with E-state index in [0.717, 1.165) is 18.5 Å². The van der Waals surface area contributed by atoms with E-state index < -0.39 is 0 Å². The lowest BCUT2D eigenvalue weighted by atomic mass is 10.1. The second-order valence-corrected chi connectivity index (χ2v) is 6.44. The Kier molecular flexibility index (Phi) is 7.95. The van der Waals surface area contributed by atoms with Crippen molar-refractivity contribution in [2.24, 2.45) is 0 Å². The van der Waals surface area contributed by atoms with Crippen LogP contribution in [0.3, 0.4) is 0 Å². The number of benzene rings is 2. The summed E-state index contributed by atoms with van der Waals surface area (Å²) in [4.78, 5) is 26.6. The number of nitrogens with one attached hydrogen (secondary N) is 2. The Morgan fingerprint density at radius 2 is 1.67 bits per heavy atom. The smallest absolute Gasteiger partial charge is 0.260 e. The minimum Gasteiger partial charge on any atom is -0.332 e. The average Bonchev–Trinajstić information content (AvgIpc) is 2.68. The molecule has 0 atom stereocenters. The van der Waals surface area contributed by atoms with Gasteiger partial charge >= 0.3 is 0 Å². The summed E-state index contributed by atoms with van der Waals surface area (Å²) < 4.78 is 0. The molecule has 0 saturated heterocycles. The van der Waals surface area contributed by atoms with E-state index in [0.29, 0.717) is 24.2 Å². The molecule has 2 N–H and O–H groups in total. The van der Waals surface area contributed by atoms with Crippen LogP contribution in [0.5, 0.6) is 0 Å². The molecule has 0 aliphatic carbocycles. The maximum Gasteiger partial charge on any atom is 0.260 e. The van der Waals surface area contributed by atoms with E-state index in [2.05, 4.69) is 10.6 Å². The molecule has 0 aliphatic heterocycles. The molecule has 0 saturated carbocycles. The molecular weight excluding hydrogens is 358 g/mol. The lowest BCUT2D eigenvalue weighted by Gasteiger charge is -2.22. The maximum absolute atomic E-state index is 13.1. The second kappa shape index (κ2) is 10.4. The Morgan fingerprint density at radius 1 is 1.00 bits per heavy atom. The van der Waals surface area contributed by atoms with Crippen LogP contribution in [0.25, 0.3) is 0 Å². The van der Waals surface area contributed by atoms with E-state index in [1.54, 1.807) is 23.1 Å². The molecule has 2 aromatic carbocycles. The summed E-state index contributed by atoms with van der Waals surface area (Å²) >= 11 is 5.23. The lowest BCUT2D eigenvalue weighted by Crippen LogP contribution is -2.35. The van der Waals surface area contributed by atoms with Crippen LogP contribution in [0, 0.1) is 0 Å². The highest BCUT2D eigenvalue weighted by Crippen LogP contribution is 2.21. The van der Waals surface area contributed by atoms with Gasteiger partial charge in [0, 0.05) is 18.7 Å². The normalized spacial score (nSPS) is 10.1. The van der Waals surface area contributed by atoms with Gasteiger partial charge in [-0.25, -0.2) is 0 Å². The molecule has 0 radical (unpaired) electrons. The Balaban J connectivity index is 2.16. The van der Waals surface area contributed by atoms with Crippen LogP contribution in [0.1, 0.15) is 43.5 Å². The zero-order valence-corrected chi connectivity index (χ0v) is 16.5. The number of amides is 2. The average molecular weight is 384 g/mol. The van der Waals surface area contributed by atoms with E-state index in [9.17, 15) is 9.59 Å². The lowest BCUT2D eigenvalue weighted by molar-refractivity contribution is -0.119. The molecule has 142 valence electrons. The minimum atomic E-state index is -0.132. The number of unbranched alkanes of at least 4 members (excludes halogenated alkanes) is 1. The topological polar surface area (TPSA) is 61.4 Å². The van der Waals surface area contributed by atoms with Gasteiger partial charge in [0.2, 0.25) is 5.91 Å². The number of nitrogens with zero attached hydrogens (tertiary/aromatic N) is 1. The first-order valence-electron chi connectivity index (χ1n) is 9.13. The molecule has 6 heteroatoms. The van der Waals surface area contributed by atoms with Gasteiger partial charge in [-0.3, -0.25) is 9.59 Å². The van der Waals surface area contributed by atoms with Crippen LogP contribution in [-0.4, -0.2) is 23.5 Å². The van der Waals surface area contributed by atoms with Crippen LogP contribution in [0.15, 0.2) is 54.6 Å². The highest BCUT2D eigenvalue weighted by Gasteiger charge is 2.19. The first kappa shape index (κ1) is 20.6. The third kappa shape index (κ3) is 5.89. The van der Waals surface area contributed by atoms with Crippen LogP contribution >= 0.6 is 12.2 Å². The van der Waals surface area contributed by atoms with Crippen LogP contribution in [0.4, 0.5) is 11.4 Å². The van der Waals surface area contributed by atoms with Crippen molar-refractivity contribution in [1.29, 1.82) is 0 Å². The number of anilines is 2. The summed E-state index contributed by atoms with van der Waals surface area (Å²) in [6, 6.07) is 16.7. The number of para-hydroxylation sites is 2. The van der Waals surface area contributed by atoms with Crippen molar-refractivity contribution < 1.29 is 9.59 Å². The third-order valence-corrected chi connectivity index (χ3v) is 4.25. The molecule has 0 unspecified atom stereocenters. The molecule has 2 rings (SSSR count). The minimum absolute atomic E-state index is 0.127. The van der Waals surface area contributed by atoms with E-state index in [1.807, 2.05) is 50.2 Å². The Hall–Kier alpha value is -2.73. The zero-order chi connectivity index (χ0) is 19.6. The van der Waals surface area contributed by atoms with Gasteiger partial charge in [0.15, 0.2) is 5.11 Å². The van der Waals surface area contributed by atoms with E-state index in [4.69, 9.17) is 12.2 Å². The largest absolute Gasteiger partial charge is 0.332 e. The summed E-state index contributed by atoms with van der Waals surface area (Å²) in [7, 11) is 0. The van der Waals surface area contributed by atoms with Gasteiger partial charge in [0.25, 0.3) is 5.91 Å². The number of carbonyl (C=O) groups is 2. The van der Waals surface area contributed by atoms with Crippen molar-refractivity contribution in [3.8, 4) is 0 Å². The Bertz CT molecular complexity index is 793. The molecule has 0 aliphatic rings. The molecule has 2 amide bonds. The number of hydrogen-bond donors (Lipinski definition) is 2. The molecule has 27 heavy (non-hydrogen) atoms. The van der Waals surface area contributed by atoms with Crippen LogP contribution in [-0.2, 0) is 4.79 Å². The van der Waals surface area contributed by atoms with Crippen LogP contribution in [0.2, 0.25) is 0 Å². The Labute approximate surface area is 165 Å². The molecule has 0 spiro atoms. The zero-order valence-electron chi connectivity index (χ0n) is 15.7. The van der Waals surface area contributed by atoms with Gasteiger partial charge in [0.1, 0.15) is 0 Å². The first-order valence-corrected chi connectivity index (χ1v) is 9.54. The van der Waals surface area contributed by atoms with Gasteiger partial charge in [-0.2, -0.15) is 0 Å². The monoisotopic (exact) mass is 383 g/mol. The van der Waals surface area contributed by atoms with Crippen LogP contribution < -0.4 is 15.5 Å². The van der Waals surface area contributed by atoms with E-state index in [1.165, 1.54) is 0 Å². The molecule has 5 nitrogen and oxygen atoms in total. The predicted octanol–water partition coefficient (Wildman–Crippen LogP) is 4.36. The number of carbonyl (C=O) groups excluding carboxylic acids is 2. The van der Waals surface area contributed by atoms with Gasteiger partial charge < -0.3 is 15.5 Å². The number of hydrogen-bond acceptors (Lipinski definition) is 3. The second-order valence-electron chi connectivity index (χ2n) is 6.04. The third-order valence-electron chi connectivity index (χ3n) is 4.05. The fraction of sp³-hybridized carbons (Fsp3) is 0.286. The molecule has 0 aromatic heterocycles. The quantitative estimate of drug-likeness (QED) is 0.698. The highest BCUT2D eigenvalue weighted by atomic mass is 32.1. The van der Waals surface area contributed by atoms with Crippen molar-refractivity contribution in [3.63, 3.8) is 0 Å². The molecule has 0 bridgehead atoms.